The molecule has 4 heteroatoms. The van der Waals surface area contributed by atoms with Gasteiger partial charge in [0.1, 0.15) is 0 Å². The first kappa shape index (κ1) is 23.0. The summed E-state index contributed by atoms with van der Waals surface area (Å²) in [6, 6.07) is 0.610. The number of aliphatic hydroxyl groups excluding tert-OH is 1. The maximum atomic E-state index is 12.1. The van der Waals surface area contributed by atoms with Crippen LogP contribution in [0.4, 0.5) is 0 Å². The summed E-state index contributed by atoms with van der Waals surface area (Å²) >= 11 is 0. The number of hydrogen-bond acceptors (Lipinski definition) is 3. The first-order chi connectivity index (χ1) is 14.3. The minimum absolute atomic E-state index is 0.0134. The van der Waals surface area contributed by atoms with Gasteiger partial charge in [0.05, 0.1) is 6.10 Å². The second kappa shape index (κ2) is 7.45. The van der Waals surface area contributed by atoms with E-state index in [2.05, 4.69) is 58.8 Å². The number of allylic oxidation sites excluding steroid dienone is 4. The predicted molar refractivity (Wildman–Crippen MR) is 126 cm³/mol. The van der Waals surface area contributed by atoms with Crippen LogP contribution in [0.25, 0.3) is 0 Å². The Kier molecular flexibility index (Phi) is 5.54. The Bertz CT molecular complexity index is 812. The van der Waals surface area contributed by atoms with Crippen molar-refractivity contribution in [2.45, 2.75) is 85.3 Å². The number of carbonyl (C=O) groups is 1. The van der Waals surface area contributed by atoms with Crippen LogP contribution >= 0.6 is 0 Å². The quantitative estimate of drug-likeness (QED) is 0.694. The molecule has 1 amide bonds. The van der Waals surface area contributed by atoms with Crippen molar-refractivity contribution in [3.05, 3.63) is 23.3 Å². The lowest BCUT2D eigenvalue weighted by atomic mass is 9.51. The Morgan fingerprint density at radius 1 is 1.13 bits per heavy atom. The number of rotatable bonds is 3. The number of fused-ring (bicyclic) bond motifs is 4. The Morgan fingerprint density at radius 3 is 2.39 bits per heavy atom. The van der Waals surface area contributed by atoms with Gasteiger partial charge in [-0.3, -0.25) is 4.79 Å². The average molecular weight is 429 g/mol. The Labute approximate surface area is 189 Å². The molecule has 0 radical (unpaired) electrons. The molecule has 4 rings (SSSR count). The fourth-order valence-electron chi connectivity index (χ4n) is 8.82. The zero-order valence-electron chi connectivity index (χ0n) is 20.7. The van der Waals surface area contributed by atoms with Crippen LogP contribution in [-0.4, -0.2) is 42.2 Å². The molecule has 174 valence electrons. The third-order valence-corrected chi connectivity index (χ3v) is 10.6. The van der Waals surface area contributed by atoms with Crippen LogP contribution in [0.2, 0.25) is 0 Å². The van der Waals surface area contributed by atoms with Crippen LogP contribution in [-0.2, 0) is 4.79 Å². The van der Waals surface area contributed by atoms with E-state index in [1.165, 1.54) is 24.8 Å². The summed E-state index contributed by atoms with van der Waals surface area (Å²) in [4.78, 5) is 14.5. The lowest BCUT2D eigenvalue weighted by Crippen LogP contribution is -2.49. The molecule has 4 nitrogen and oxygen atoms in total. The molecule has 3 unspecified atom stereocenters. The third-order valence-electron chi connectivity index (χ3n) is 10.6. The summed E-state index contributed by atoms with van der Waals surface area (Å²) in [5.41, 5.74) is 9.00. The van der Waals surface area contributed by atoms with Gasteiger partial charge in [0.15, 0.2) is 0 Å². The summed E-state index contributed by atoms with van der Waals surface area (Å²) < 4.78 is 0. The highest BCUT2D eigenvalue weighted by atomic mass is 16.3. The second-order valence-corrected chi connectivity index (χ2v) is 12.5. The normalized spacial score (nSPS) is 45.0. The van der Waals surface area contributed by atoms with E-state index < -0.39 is 6.10 Å². The molecular weight excluding hydrogens is 384 g/mol. The van der Waals surface area contributed by atoms with Gasteiger partial charge < -0.3 is 15.7 Å². The summed E-state index contributed by atoms with van der Waals surface area (Å²) in [6.45, 7) is 11.6. The van der Waals surface area contributed by atoms with E-state index >= 15 is 0 Å². The van der Waals surface area contributed by atoms with Crippen molar-refractivity contribution in [1.29, 1.82) is 0 Å². The minimum atomic E-state index is -0.460. The topological polar surface area (TPSA) is 66.6 Å². The fourth-order valence-corrected chi connectivity index (χ4v) is 8.82. The molecular formula is C27H44N2O2. The highest BCUT2D eigenvalue weighted by Gasteiger charge is 2.64. The van der Waals surface area contributed by atoms with Crippen LogP contribution in [0.5, 0.6) is 0 Å². The number of amides is 1. The number of aliphatic hydroxyl groups is 1. The van der Waals surface area contributed by atoms with Crippen molar-refractivity contribution in [2.75, 3.05) is 14.1 Å². The molecule has 0 spiro atoms. The van der Waals surface area contributed by atoms with Crippen LogP contribution < -0.4 is 5.73 Å². The number of nitrogens with two attached hydrogens (primary N) is 1. The molecule has 0 aromatic carbocycles. The molecule has 0 bridgehead atoms. The van der Waals surface area contributed by atoms with E-state index in [4.69, 9.17) is 5.73 Å². The number of primary amides is 1. The Morgan fingerprint density at radius 2 is 1.77 bits per heavy atom. The van der Waals surface area contributed by atoms with E-state index in [0.717, 1.165) is 19.3 Å². The van der Waals surface area contributed by atoms with Gasteiger partial charge in [-0.25, -0.2) is 0 Å². The van der Waals surface area contributed by atoms with Crippen molar-refractivity contribution < 1.29 is 9.90 Å². The Hall–Kier alpha value is -1.13. The fraction of sp³-hybridized carbons (Fsp3) is 0.815. The van der Waals surface area contributed by atoms with Gasteiger partial charge in [0, 0.05) is 17.9 Å². The zero-order chi connectivity index (χ0) is 22.9. The molecule has 3 N–H and O–H groups in total. The summed E-state index contributed by atoms with van der Waals surface area (Å²) in [5, 5.41) is 11.2. The van der Waals surface area contributed by atoms with Crippen LogP contribution in [0.15, 0.2) is 23.3 Å². The average Bonchev–Trinajstić information content (AvgIpc) is 2.78. The lowest BCUT2D eigenvalue weighted by molar-refractivity contribution is -0.127. The van der Waals surface area contributed by atoms with Gasteiger partial charge in [0.25, 0.3) is 0 Å². The highest BCUT2D eigenvalue weighted by molar-refractivity contribution is 5.77. The van der Waals surface area contributed by atoms with Gasteiger partial charge in [-0.05, 0) is 86.3 Å². The highest BCUT2D eigenvalue weighted by Crippen LogP contribution is 2.68. The smallest absolute Gasteiger partial charge is 0.220 e. The van der Waals surface area contributed by atoms with Crippen LogP contribution in [0, 0.1) is 39.9 Å². The van der Waals surface area contributed by atoms with Gasteiger partial charge >= 0.3 is 0 Å². The van der Waals surface area contributed by atoms with E-state index in [1.807, 2.05) is 6.92 Å². The largest absolute Gasteiger partial charge is 0.393 e. The summed E-state index contributed by atoms with van der Waals surface area (Å²) in [5.74, 6) is 0.401. The van der Waals surface area contributed by atoms with Gasteiger partial charge in [0.2, 0.25) is 5.91 Å². The molecule has 4 aliphatic rings. The van der Waals surface area contributed by atoms with Crippen molar-refractivity contribution >= 4 is 5.91 Å². The van der Waals surface area contributed by atoms with Crippen LogP contribution in [0.3, 0.4) is 0 Å². The lowest BCUT2D eigenvalue weighted by Gasteiger charge is -2.53. The van der Waals surface area contributed by atoms with Crippen molar-refractivity contribution in [3.8, 4) is 0 Å². The molecule has 0 aromatic rings. The molecule has 0 saturated heterocycles. The van der Waals surface area contributed by atoms with E-state index in [-0.39, 0.29) is 34.0 Å². The maximum absolute atomic E-state index is 12.1. The van der Waals surface area contributed by atoms with Gasteiger partial charge in [-0.1, -0.05) is 52.3 Å². The van der Waals surface area contributed by atoms with E-state index in [0.29, 0.717) is 17.9 Å². The third kappa shape index (κ3) is 3.19. The molecule has 8 atom stereocenters. The van der Waals surface area contributed by atoms with Gasteiger partial charge in [-0.15, -0.1) is 0 Å². The van der Waals surface area contributed by atoms with Gasteiger partial charge in [-0.2, -0.15) is 0 Å². The van der Waals surface area contributed by atoms with Crippen molar-refractivity contribution in [2.24, 2.45) is 45.7 Å². The monoisotopic (exact) mass is 428 g/mol. The molecule has 31 heavy (non-hydrogen) atoms. The SMILES string of the molecule is CC(C(N)=O)[C@@H]1[C@H](O)C[C@@]2(C)C3CCC4C(=CC3=CC[C@]12C)CC[C@H](N(C)C)C4(C)C. The molecule has 2 fully saturated rings. The molecule has 0 aliphatic heterocycles. The molecule has 0 aromatic heterocycles. The standard InChI is InChI=1S/C27H44N2O2/c1-16(24(28)31)23-21(30)15-27(5)20-10-9-19-17(14-18(20)12-13-26(23,27)4)8-11-22(29(6)7)25(19,2)3/h12,14,16,19-23,30H,8-11,13,15H2,1-7H3,(H2,28,31)/t16?,19?,20?,21-,22+,23-,26-,27+/m1/s1. The van der Waals surface area contributed by atoms with Crippen LogP contribution in [0.1, 0.15) is 73.1 Å². The van der Waals surface area contributed by atoms with Crippen molar-refractivity contribution in [3.63, 3.8) is 0 Å². The maximum Gasteiger partial charge on any atom is 0.220 e. The summed E-state index contributed by atoms with van der Waals surface area (Å²) in [7, 11) is 4.46. The minimum Gasteiger partial charge on any atom is -0.393 e. The number of carbonyl (C=O) groups excluding carboxylic acids is 1. The second-order valence-electron chi connectivity index (χ2n) is 12.5. The van der Waals surface area contributed by atoms with E-state index in [1.54, 1.807) is 5.57 Å². The molecule has 0 heterocycles. The van der Waals surface area contributed by atoms with Crippen molar-refractivity contribution in [1.82, 2.24) is 4.90 Å². The zero-order valence-corrected chi connectivity index (χ0v) is 20.7. The number of hydrogen-bond donors (Lipinski definition) is 2. The first-order valence-electron chi connectivity index (χ1n) is 12.4. The molecule has 4 aliphatic carbocycles. The predicted octanol–water partition coefficient (Wildman–Crippen LogP) is 4.53. The first-order valence-corrected chi connectivity index (χ1v) is 12.4. The number of nitrogens with zero attached hydrogens (tertiary/aromatic N) is 1. The summed E-state index contributed by atoms with van der Waals surface area (Å²) in [6.07, 6.45) is 11.0. The molecule has 2 saturated carbocycles. The van der Waals surface area contributed by atoms with E-state index in [9.17, 15) is 9.90 Å². The Balaban J connectivity index is 1.71.